The minimum absolute atomic E-state index is 0.00117. The van der Waals surface area contributed by atoms with Gasteiger partial charge in [-0.15, -0.1) is 0 Å². The first-order valence-electron chi connectivity index (χ1n) is 10.8. The van der Waals surface area contributed by atoms with E-state index >= 15 is 0 Å². The first-order chi connectivity index (χ1) is 14.6. The van der Waals surface area contributed by atoms with Crippen molar-refractivity contribution in [2.24, 2.45) is 11.8 Å². The van der Waals surface area contributed by atoms with Crippen LogP contribution in [0.4, 0.5) is 17.1 Å². The molecule has 0 unspecified atom stereocenters. The molecule has 0 aromatic heterocycles. The van der Waals surface area contributed by atoms with Crippen molar-refractivity contribution in [3.05, 3.63) is 44.7 Å². The van der Waals surface area contributed by atoms with Crippen LogP contribution in [0, 0.1) is 11.8 Å². The van der Waals surface area contributed by atoms with E-state index in [0.717, 1.165) is 57.3 Å². The van der Waals surface area contributed by atoms with E-state index in [9.17, 15) is 14.4 Å². The third-order valence-corrected chi connectivity index (χ3v) is 6.43. The third-order valence-electron chi connectivity index (χ3n) is 6.43. The molecule has 0 spiro atoms. The van der Waals surface area contributed by atoms with Crippen molar-refractivity contribution in [2.45, 2.75) is 38.5 Å². The number of nitrogens with zero attached hydrogens (tertiary/aromatic N) is 1. The average Bonchev–Trinajstić information content (AvgIpc) is 3.30. The fraction of sp³-hybridized carbons (Fsp3) is 0.522. The normalized spacial score (nSPS) is 21.6. The van der Waals surface area contributed by atoms with Crippen molar-refractivity contribution in [1.82, 2.24) is 0 Å². The van der Waals surface area contributed by atoms with Gasteiger partial charge in [-0.1, -0.05) is 6.07 Å². The van der Waals surface area contributed by atoms with Crippen LogP contribution in [0.3, 0.4) is 0 Å². The molecule has 2 fully saturated rings. The molecule has 2 aromatic carbocycles. The Balaban J connectivity index is 1.26. The zero-order chi connectivity index (χ0) is 21.1. The summed E-state index contributed by atoms with van der Waals surface area (Å²) >= 11 is 0. The Morgan fingerprint density at radius 2 is 1.83 bits per heavy atom. The number of hydrogen-bond donors (Lipinski definition) is 2. The lowest BCUT2D eigenvalue weighted by atomic mass is 9.81. The summed E-state index contributed by atoms with van der Waals surface area (Å²) in [5.74, 6) is 1.17. The summed E-state index contributed by atoms with van der Waals surface area (Å²) in [7, 11) is 1.60. The van der Waals surface area contributed by atoms with E-state index < -0.39 is 0 Å². The highest BCUT2D eigenvalue weighted by molar-refractivity contribution is 5.92. The van der Waals surface area contributed by atoms with Gasteiger partial charge in [0.05, 0.1) is 7.11 Å². The molecular formula is C23H29N3O4. The molecular weight excluding hydrogens is 382 g/mol. The van der Waals surface area contributed by atoms with E-state index in [1.54, 1.807) is 7.11 Å². The maximum atomic E-state index is 12.6. The number of nitrogens with one attached hydrogen (secondary N) is 2. The largest absolute Gasteiger partial charge is 0.497 e. The molecule has 0 radical (unpaired) electrons. The lowest BCUT2D eigenvalue weighted by Gasteiger charge is -2.29. The van der Waals surface area contributed by atoms with Crippen LogP contribution in [0.5, 0.6) is 5.75 Å². The van der Waals surface area contributed by atoms with Gasteiger partial charge in [0.2, 0.25) is 5.91 Å². The molecule has 2 aliphatic rings. The zero-order valence-corrected chi connectivity index (χ0v) is 17.4. The highest BCUT2D eigenvalue weighted by Gasteiger charge is 2.30. The van der Waals surface area contributed by atoms with Crippen LogP contribution in [0.15, 0.2) is 33.9 Å². The molecule has 1 amide bonds. The van der Waals surface area contributed by atoms with Gasteiger partial charge in [-0.25, -0.2) is 0 Å². The molecule has 1 heterocycles. The predicted octanol–water partition coefficient (Wildman–Crippen LogP) is 2.75. The summed E-state index contributed by atoms with van der Waals surface area (Å²) < 4.78 is 5.20. The van der Waals surface area contributed by atoms with Crippen LogP contribution in [-0.4, -0.2) is 32.7 Å². The smallest absolute Gasteiger partial charge is 0.253 e. The first kappa shape index (κ1) is 20.4. The molecule has 7 nitrogen and oxygen atoms in total. The Morgan fingerprint density at radius 1 is 1.10 bits per heavy atom. The zero-order valence-electron chi connectivity index (χ0n) is 17.4. The summed E-state index contributed by atoms with van der Waals surface area (Å²) in [5, 5.41) is 6.23. The van der Waals surface area contributed by atoms with E-state index in [2.05, 4.69) is 10.6 Å². The van der Waals surface area contributed by atoms with Crippen molar-refractivity contribution >= 4 is 23.0 Å². The standard InChI is InChI=1S/C23H29N3O4/c1-30-18-6-4-5-17(13-18)25-23(29)16-9-7-15(8-10-16)14-24-19-20(22(28)21(19)27)26-11-2-3-12-26/h4-6,13,15-16,24H,2-3,7-12,14H2,1H3,(H,25,29). The monoisotopic (exact) mass is 411 g/mol. The number of carbonyl (C=O) groups excluding carboxylic acids is 1. The van der Waals surface area contributed by atoms with E-state index in [-0.39, 0.29) is 22.7 Å². The summed E-state index contributed by atoms with van der Waals surface area (Å²) in [6, 6.07) is 7.38. The molecule has 0 bridgehead atoms. The molecule has 30 heavy (non-hydrogen) atoms. The number of anilines is 3. The molecule has 0 atom stereocenters. The molecule has 7 heteroatoms. The second-order valence-electron chi connectivity index (χ2n) is 8.40. The van der Waals surface area contributed by atoms with Gasteiger partial charge >= 0.3 is 0 Å². The van der Waals surface area contributed by atoms with Gasteiger partial charge in [0.25, 0.3) is 10.9 Å². The Bertz CT molecular complexity index is 965. The number of carbonyl (C=O) groups is 1. The number of methoxy groups -OCH3 is 1. The number of ether oxygens (including phenoxy) is 1. The van der Waals surface area contributed by atoms with Gasteiger partial charge in [0.1, 0.15) is 17.1 Å². The van der Waals surface area contributed by atoms with Crippen molar-refractivity contribution in [1.29, 1.82) is 0 Å². The number of amides is 1. The second-order valence-corrected chi connectivity index (χ2v) is 8.40. The highest BCUT2D eigenvalue weighted by atomic mass is 16.5. The first-order valence-corrected chi connectivity index (χ1v) is 10.8. The van der Waals surface area contributed by atoms with E-state index in [1.807, 2.05) is 29.2 Å². The predicted molar refractivity (Wildman–Crippen MR) is 118 cm³/mol. The molecule has 160 valence electrons. The van der Waals surface area contributed by atoms with Crippen molar-refractivity contribution in [3.8, 4) is 5.75 Å². The minimum atomic E-state index is -0.386. The third kappa shape index (κ3) is 4.20. The molecule has 2 N–H and O–H groups in total. The Hall–Kier alpha value is -2.83. The van der Waals surface area contributed by atoms with Gasteiger partial charge in [-0.05, 0) is 56.6 Å². The van der Waals surface area contributed by atoms with E-state index in [4.69, 9.17) is 4.74 Å². The summed E-state index contributed by atoms with van der Waals surface area (Å²) in [6.07, 6.45) is 5.65. The van der Waals surface area contributed by atoms with Crippen LogP contribution in [0.2, 0.25) is 0 Å². The van der Waals surface area contributed by atoms with Gasteiger partial charge in [0.15, 0.2) is 0 Å². The van der Waals surface area contributed by atoms with Crippen LogP contribution in [0.1, 0.15) is 38.5 Å². The average molecular weight is 412 g/mol. The maximum Gasteiger partial charge on any atom is 0.253 e. The fourth-order valence-corrected chi connectivity index (χ4v) is 4.61. The van der Waals surface area contributed by atoms with E-state index in [1.165, 1.54) is 0 Å². The maximum absolute atomic E-state index is 12.6. The number of hydrogen-bond acceptors (Lipinski definition) is 6. The SMILES string of the molecule is COc1cccc(NC(=O)C2CCC(CNc3c(N4CCCC4)c(=O)c3=O)CC2)c1. The van der Waals surface area contributed by atoms with Gasteiger partial charge < -0.3 is 20.3 Å². The van der Waals surface area contributed by atoms with Crippen molar-refractivity contribution in [3.63, 3.8) is 0 Å². The van der Waals surface area contributed by atoms with Gasteiger partial charge in [0, 0.05) is 37.3 Å². The van der Waals surface area contributed by atoms with Crippen LogP contribution < -0.4 is 31.1 Å². The molecule has 2 aromatic rings. The fourth-order valence-electron chi connectivity index (χ4n) is 4.61. The molecule has 1 saturated heterocycles. The topological polar surface area (TPSA) is 87.7 Å². The molecule has 1 aliphatic carbocycles. The van der Waals surface area contributed by atoms with Crippen LogP contribution >= 0.6 is 0 Å². The lowest BCUT2D eigenvalue weighted by Crippen LogP contribution is -2.42. The van der Waals surface area contributed by atoms with Crippen molar-refractivity contribution < 1.29 is 9.53 Å². The van der Waals surface area contributed by atoms with Crippen LogP contribution in [0.25, 0.3) is 0 Å². The van der Waals surface area contributed by atoms with Crippen LogP contribution in [-0.2, 0) is 4.79 Å². The summed E-state index contributed by atoms with van der Waals surface area (Å²) in [5.41, 5.74) is 1.10. The quantitative estimate of drug-likeness (QED) is 0.681. The molecule has 1 saturated carbocycles. The van der Waals surface area contributed by atoms with Crippen molar-refractivity contribution in [2.75, 3.05) is 42.3 Å². The van der Waals surface area contributed by atoms with E-state index in [0.29, 0.717) is 29.6 Å². The Kier molecular flexibility index (Phi) is 6.06. The number of benzene rings is 1. The summed E-state index contributed by atoms with van der Waals surface area (Å²) in [6.45, 7) is 2.38. The lowest BCUT2D eigenvalue weighted by molar-refractivity contribution is -0.121. The number of rotatable bonds is 7. The van der Waals surface area contributed by atoms with Gasteiger partial charge in [-0.2, -0.15) is 0 Å². The minimum Gasteiger partial charge on any atom is -0.497 e. The second kappa shape index (κ2) is 8.90. The Morgan fingerprint density at radius 3 is 2.53 bits per heavy atom. The molecule has 4 rings (SSSR count). The Labute approximate surface area is 176 Å². The molecule has 1 aliphatic heterocycles. The highest BCUT2D eigenvalue weighted by Crippen LogP contribution is 2.31. The van der Waals surface area contributed by atoms with Gasteiger partial charge in [-0.3, -0.25) is 14.4 Å². The summed E-state index contributed by atoms with van der Waals surface area (Å²) in [4.78, 5) is 38.6.